The number of aliphatic hydroxyl groups excluding tert-OH is 2. The molecule has 0 aromatic heterocycles. The van der Waals surface area contributed by atoms with Gasteiger partial charge in [-0.3, -0.25) is 9.59 Å². The summed E-state index contributed by atoms with van der Waals surface area (Å²) >= 11 is 0. The third-order valence-electron chi connectivity index (χ3n) is 4.62. The number of hydrogen-bond acceptors (Lipinski definition) is 6. The number of carbonyl (C=O) groups excluding carboxylic acids is 3. The minimum Gasteiger partial charge on any atom is -0.455 e. The number of ether oxygens (including phenoxy) is 1. The molecule has 1 fully saturated rings. The van der Waals surface area contributed by atoms with E-state index >= 15 is 0 Å². The van der Waals surface area contributed by atoms with E-state index in [9.17, 15) is 24.6 Å². The molecule has 136 valence electrons. The molecule has 2 bridgehead atoms. The van der Waals surface area contributed by atoms with E-state index in [0.29, 0.717) is 12.0 Å². The fourth-order valence-corrected chi connectivity index (χ4v) is 3.07. The van der Waals surface area contributed by atoms with Gasteiger partial charge in [0.2, 0.25) is 0 Å². The lowest BCUT2D eigenvalue weighted by Gasteiger charge is -2.17. The average Bonchev–Trinajstić information content (AvgIpc) is 2.76. The molecule has 4 atom stereocenters. The maximum absolute atomic E-state index is 12.2. The molecule has 0 saturated carbocycles. The van der Waals surface area contributed by atoms with Crippen molar-refractivity contribution in [1.29, 1.82) is 0 Å². The predicted octanol–water partition coefficient (Wildman–Crippen LogP) is 1.41. The molecule has 25 heavy (non-hydrogen) atoms. The van der Waals surface area contributed by atoms with Crippen molar-refractivity contribution in [2.75, 3.05) is 0 Å². The van der Waals surface area contributed by atoms with E-state index in [1.807, 2.05) is 0 Å². The van der Waals surface area contributed by atoms with E-state index in [4.69, 9.17) is 4.74 Å². The van der Waals surface area contributed by atoms with Crippen LogP contribution in [0, 0.1) is 5.92 Å². The second kappa shape index (κ2) is 7.89. The van der Waals surface area contributed by atoms with E-state index in [1.54, 1.807) is 19.9 Å². The minimum atomic E-state index is -1.39. The second-order valence-corrected chi connectivity index (χ2v) is 6.89. The molecule has 0 aromatic carbocycles. The maximum atomic E-state index is 12.2. The maximum Gasteiger partial charge on any atom is 0.336 e. The van der Waals surface area contributed by atoms with Gasteiger partial charge in [-0.25, -0.2) is 4.79 Å². The standard InChI is InChI=1S/C19H24O6/c1-10(2)12-4-5-14-18(23)17(25-19(14)24)7-11(3)6-15(21)16(22)9-13(20)8-12/h5-6,12,16-18,22-23H,1,4,7-9H2,2-3H3/b11-6-,14-5+/t12-,16-,17+,18-/m0/s1. The summed E-state index contributed by atoms with van der Waals surface area (Å²) in [5.74, 6) is -1.63. The van der Waals surface area contributed by atoms with Crippen LogP contribution in [0.1, 0.15) is 39.5 Å². The molecular weight excluding hydrogens is 324 g/mol. The summed E-state index contributed by atoms with van der Waals surface area (Å²) in [6.45, 7) is 7.29. The Kier molecular flexibility index (Phi) is 6.08. The van der Waals surface area contributed by atoms with Crippen LogP contribution in [-0.2, 0) is 19.1 Å². The molecule has 2 aliphatic rings. The molecule has 2 N–H and O–H groups in total. The van der Waals surface area contributed by atoms with E-state index in [-0.39, 0.29) is 36.5 Å². The van der Waals surface area contributed by atoms with Crippen molar-refractivity contribution in [1.82, 2.24) is 0 Å². The Morgan fingerprint density at radius 1 is 1.20 bits per heavy atom. The van der Waals surface area contributed by atoms with Gasteiger partial charge in [-0.1, -0.05) is 23.8 Å². The van der Waals surface area contributed by atoms with Gasteiger partial charge < -0.3 is 14.9 Å². The Hall–Kier alpha value is -2.05. The van der Waals surface area contributed by atoms with E-state index in [1.165, 1.54) is 6.08 Å². The lowest BCUT2D eigenvalue weighted by molar-refractivity contribution is -0.139. The van der Waals surface area contributed by atoms with Crippen molar-refractivity contribution in [3.05, 3.63) is 35.5 Å². The number of aliphatic hydroxyl groups is 2. The number of Topliss-reactive ketones (excluding diaryl/α,β-unsaturated/α-hetero) is 1. The summed E-state index contributed by atoms with van der Waals surface area (Å²) in [7, 11) is 0. The zero-order chi connectivity index (χ0) is 18.7. The molecule has 6 nitrogen and oxygen atoms in total. The smallest absolute Gasteiger partial charge is 0.336 e. The zero-order valence-electron chi connectivity index (χ0n) is 14.5. The molecule has 1 saturated heterocycles. The topological polar surface area (TPSA) is 101 Å². The number of hydrogen-bond donors (Lipinski definition) is 2. The first kappa shape index (κ1) is 19.3. The molecule has 0 aromatic rings. The summed E-state index contributed by atoms with van der Waals surface area (Å²) < 4.78 is 5.20. The van der Waals surface area contributed by atoms with Gasteiger partial charge in [0.15, 0.2) is 5.78 Å². The Labute approximate surface area is 146 Å². The lowest BCUT2D eigenvalue weighted by Crippen LogP contribution is -2.25. The van der Waals surface area contributed by atoms with Crippen molar-refractivity contribution in [2.45, 2.75) is 57.8 Å². The van der Waals surface area contributed by atoms with Gasteiger partial charge in [-0.15, -0.1) is 0 Å². The normalized spacial score (nSPS) is 35.9. The number of ketones is 2. The van der Waals surface area contributed by atoms with Crippen LogP contribution in [0.25, 0.3) is 0 Å². The Bertz CT molecular complexity index is 657. The van der Waals surface area contributed by atoms with Gasteiger partial charge in [-0.05, 0) is 32.3 Å². The van der Waals surface area contributed by atoms with Gasteiger partial charge in [0.05, 0.1) is 5.57 Å². The molecule has 0 spiro atoms. The molecular formula is C19H24O6. The second-order valence-electron chi connectivity index (χ2n) is 6.89. The van der Waals surface area contributed by atoms with E-state index in [2.05, 4.69) is 6.58 Å². The SMILES string of the molecule is C=C(C)[C@H]1C/C=C2/C(=O)O[C@H](C/C(C)=C\C(=O)[C@@H](O)CC(=O)C1)[C@H]2O. The van der Waals surface area contributed by atoms with Crippen LogP contribution in [0.2, 0.25) is 0 Å². The zero-order valence-corrected chi connectivity index (χ0v) is 14.5. The number of allylic oxidation sites excluding steroid dienone is 2. The fourth-order valence-electron chi connectivity index (χ4n) is 3.07. The Balaban J connectivity index is 2.35. The highest BCUT2D eigenvalue weighted by Gasteiger charge is 2.38. The van der Waals surface area contributed by atoms with E-state index < -0.39 is 30.1 Å². The summed E-state index contributed by atoms with van der Waals surface area (Å²) in [5, 5.41) is 20.3. The van der Waals surface area contributed by atoms with Crippen LogP contribution in [-0.4, -0.2) is 46.1 Å². The molecule has 0 amide bonds. The molecule has 6 heteroatoms. The molecule has 1 aliphatic heterocycles. The van der Waals surface area contributed by atoms with Gasteiger partial charge in [0.25, 0.3) is 0 Å². The quantitative estimate of drug-likeness (QED) is 0.549. The van der Waals surface area contributed by atoms with Crippen LogP contribution in [0.15, 0.2) is 35.5 Å². The summed E-state index contributed by atoms with van der Waals surface area (Å²) in [6, 6.07) is 0. The highest BCUT2D eigenvalue weighted by molar-refractivity contribution is 5.97. The van der Waals surface area contributed by atoms with Gasteiger partial charge in [0.1, 0.15) is 24.1 Å². The van der Waals surface area contributed by atoms with Crippen LogP contribution in [0.3, 0.4) is 0 Å². The first-order chi connectivity index (χ1) is 11.7. The minimum absolute atomic E-state index is 0.112. The van der Waals surface area contributed by atoms with Crippen molar-refractivity contribution < 1.29 is 29.3 Å². The molecule has 1 heterocycles. The van der Waals surface area contributed by atoms with E-state index in [0.717, 1.165) is 5.57 Å². The van der Waals surface area contributed by atoms with Gasteiger partial charge >= 0.3 is 5.97 Å². The molecule has 0 radical (unpaired) electrons. The van der Waals surface area contributed by atoms with Crippen LogP contribution in [0.5, 0.6) is 0 Å². The van der Waals surface area contributed by atoms with Crippen molar-refractivity contribution in [3.63, 3.8) is 0 Å². The van der Waals surface area contributed by atoms with Crippen LogP contribution >= 0.6 is 0 Å². The van der Waals surface area contributed by atoms with Crippen molar-refractivity contribution >= 4 is 17.5 Å². The predicted molar refractivity (Wildman–Crippen MR) is 90.5 cm³/mol. The van der Waals surface area contributed by atoms with Crippen molar-refractivity contribution in [2.24, 2.45) is 5.92 Å². The summed E-state index contributed by atoms with van der Waals surface area (Å²) in [4.78, 5) is 36.2. The number of esters is 1. The molecule has 0 unspecified atom stereocenters. The Morgan fingerprint density at radius 2 is 1.88 bits per heavy atom. The third kappa shape index (κ3) is 4.74. The monoisotopic (exact) mass is 348 g/mol. The van der Waals surface area contributed by atoms with Gasteiger partial charge in [0, 0.05) is 19.3 Å². The number of carbonyl (C=O) groups is 3. The Morgan fingerprint density at radius 3 is 2.52 bits per heavy atom. The van der Waals surface area contributed by atoms with Crippen molar-refractivity contribution in [3.8, 4) is 0 Å². The third-order valence-corrected chi connectivity index (χ3v) is 4.62. The lowest BCUT2D eigenvalue weighted by atomic mass is 9.88. The summed E-state index contributed by atoms with van der Waals surface area (Å²) in [5.41, 5.74) is 1.50. The van der Waals surface area contributed by atoms with Gasteiger partial charge in [-0.2, -0.15) is 0 Å². The first-order valence-electron chi connectivity index (χ1n) is 8.34. The summed E-state index contributed by atoms with van der Waals surface area (Å²) in [6.07, 6.45) is 0.0140. The first-order valence-corrected chi connectivity index (χ1v) is 8.34. The van der Waals surface area contributed by atoms with Crippen LogP contribution in [0.4, 0.5) is 0 Å². The van der Waals surface area contributed by atoms with Crippen LogP contribution < -0.4 is 0 Å². The number of rotatable bonds is 1. The highest BCUT2D eigenvalue weighted by atomic mass is 16.6. The fraction of sp³-hybridized carbons (Fsp3) is 0.526. The average molecular weight is 348 g/mol. The largest absolute Gasteiger partial charge is 0.455 e. The molecule has 1 aliphatic carbocycles. The number of fused-ring (bicyclic) bond motifs is 2. The highest BCUT2D eigenvalue weighted by Crippen LogP contribution is 2.29. The molecule has 2 rings (SSSR count).